The monoisotopic (exact) mass is 192 g/mol. The highest BCUT2D eigenvalue weighted by Gasteiger charge is 1.99. The Kier molecular flexibility index (Phi) is 2.18. The van der Waals surface area contributed by atoms with Gasteiger partial charge < -0.3 is 5.32 Å². The largest absolute Gasteiger partial charge is 0.300 e. The zero-order chi connectivity index (χ0) is 9.10. The molecule has 0 fully saturated rings. The number of thiazole rings is 1. The van der Waals surface area contributed by atoms with Gasteiger partial charge in [0.05, 0.1) is 5.69 Å². The van der Waals surface area contributed by atoms with Crippen molar-refractivity contribution in [2.24, 2.45) is 0 Å². The van der Waals surface area contributed by atoms with Crippen LogP contribution in [0.15, 0.2) is 23.8 Å². The van der Waals surface area contributed by atoms with E-state index in [-0.39, 0.29) is 0 Å². The van der Waals surface area contributed by atoms with E-state index in [0.717, 1.165) is 10.8 Å². The summed E-state index contributed by atoms with van der Waals surface area (Å²) in [5.41, 5.74) is 1.00. The molecule has 0 saturated heterocycles. The number of aromatic nitrogens is 3. The Labute approximate surface area is 79.7 Å². The van der Waals surface area contributed by atoms with E-state index in [4.69, 9.17) is 0 Å². The molecule has 0 aliphatic rings. The molecule has 0 aliphatic carbocycles. The summed E-state index contributed by atoms with van der Waals surface area (Å²) in [6, 6.07) is 1.78. The summed E-state index contributed by atoms with van der Waals surface area (Å²) in [4.78, 5) is 12.3. The van der Waals surface area contributed by atoms with Gasteiger partial charge in [0.15, 0.2) is 5.13 Å². The van der Waals surface area contributed by atoms with Crippen LogP contribution in [0.5, 0.6) is 0 Å². The molecule has 0 spiro atoms. The van der Waals surface area contributed by atoms with Crippen LogP contribution in [0, 0.1) is 6.92 Å². The van der Waals surface area contributed by atoms with Crippen molar-refractivity contribution in [3.63, 3.8) is 0 Å². The molecule has 2 rings (SSSR count). The molecular formula is C8H8N4S. The van der Waals surface area contributed by atoms with Crippen LogP contribution in [0.4, 0.5) is 11.1 Å². The van der Waals surface area contributed by atoms with Gasteiger partial charge in [0.25, 0.3) is 0 Å². The number of nitrogens with zero attached hydrogens (tertiary/aromatic N) is 3. The quantitative estimate of drug-likeness (QED) is 0.790. The first-order valence-corrected chi connectivity index (χ1v) is 4.69. The van der Waals surface area contributed by atoms with Crippen molar-refractivity contribution in [1.82, 2.24) is 15.0 Å². The summed E-state index contributed by atoms with van der Waals surface area (Å²) in [5.74, 6) is 0.580. The molecule has 66 valence electrons. The standard InChI is InChI=1S/C8H8N4S/c1-6-5-13-8(11-6)12-7-9-3-2-4-10-7/h2-5H,1H3,(H,9,10,11,12). The van der Waals surface area contributed by atoms with E-state index < -0.39 is 0 Å². The van der Waals surface area contributed by atoms with Crippen LogP contribution < -0.4 is 5.32 Å². The molecule has 4 nitrogen and oxygen atoms in total. The van der Waals surface area contributed by atoms with Crippen LogP contribution in [0.25, 0.3) is 0 Å². The van der Waals surface area contributed by atoms with Gasteiger partial charge in [0.1, 0.15) is 0 Å². The van der Waals surface area contributed by atoms with Gasteiger partial charge in [-0.3, -0.25) is 0 Å². The fourth-order valence-electron chi connectivity index (χ4n) is 0.871. The molecule has 5 heteroatoms. The number of rotatable bonds is 2. The zero-order valence-electron chi connectivity index (χ0n) is 7.06. The summed E-state index contributed by atoms with van der Waals surface area (Å²) >= 11 is 1.54. The van der Waals surface area contributed by atoms with E-state index in [9.17, 15) is 0 Å². The van der Waals surface area contributed by atoms with Crippen LogP contribution in [-0.4, -0.2) is 15.0 Å². The molecule has 2 aromatic heterocycles. The maximum absolute atomic E-state index is 4.23. The van der Waals surface area contributed by atoms with Crippen LogP contribution in [0.1, 0.15) is 5.69 Å². The van der Waals surface area contributed by atoms with Crippen LogP contribution in [0.3, 0.4) is 0 Å². The van der Waals surface area contributed by atoms with E-state index in [2.05, 4.69) is 20.3 Å². The van der Waals surface area contributed by atoms with Crippen LogP contribution in [-0.2, 0) is 0 Å². The van der Waals surface area contributed by atoms with Gasteiger partial charge in [0, 0.05) is 17.8 Å². The Bertz CT molecular complexity index is 384. The van der Waals surface area contributed by atoms with Crippen molar-refractivity contribution in [2.75, 3.05) is 5.32 Å². The van der Waals surface area contributed by atoms with Gasteiger partial charge >= 0.3 is 0 Å². The van der Waals surface area contributed by atoms with E-state index in [0.29, 0.717) is 5.95 Å². The van der Waals surface area contributed by atoms with Gasteiger partial charge in [-0.15, -0.1) is 11.3 Å². The lowest BCUT2D eigenvalue weighted by molar-refractivity contribution is 1.15. The van der Waals surface area contributed by atoms with Gasteiger partial charge in [0.2, 0.25) is 5.95 Å². The molecule has 0 aromatic carbocycles. The first-order chi connectivity index (χ1) is 6.34. The topological polar surface area (TPSA) is 50.7 Å². The van der Waals surface area contributed by atoms with Crippen LogP contribution >= 0.6 is 11.3 Å². The minimum atomic E-state index is 0.580. The molecule has 0 amide bonds. The lowest BCUT2D eigenvalue weighted by Gasteiger charge is -1.97. The van der Waals surface area contributed by atoms with Gasteiger partial charge in [-0.05, 0) is 13.0 Å². The molecule has 0 bridgehead atoms. The second-order valence-electron chi connectivity index (χ2n) is 2.49. The molecule has 0 atom stereocenters. The number of anilines is 2. The molecule has 1 N–H and O–H groups in total. The van der Waals surface area contributed by atoms with Crippen molar-refractivity contribution in [3.05, 3.63) is 29.5 Å². The third-order valence-electron chi connectivity index (χ3n) is 1.40. The van der Waals surface area contributed by atoms with Gasteiger partial charge in [-0.2, -0.15) is 0 Å². The smallest absolute Gasteiger partial charge is 0.228 e. The third-order valence-corrected chi connectivity index (χ3v) is 2.28. The predicted octanol–water partition coefficient (Wildman–Crippen LogP) is 1.99. The van der Waals surface area contributed by atoms with Gasteiger partial charge in [-0.1, -0.05) is 0 Å². The normalized spacial score (nSPS) is 9.92. The average Bonchev–Trinajstić information content (AvgIpc) is 2.53. The molecule has 0 radical (unpaired) electrons. The first kappa shape index (κ1) is 8.12. The number of aryl methyl sites for hydroxylation is 1. The maximum atomic E-state index is 4.23. The molecule has 0 saturated carbocycles. The third kappa shape index (κ3) is 2.00. The van der Waals surface area contributed by atoms with E-state index >= 15 is 0 Å². The Morgan fingerprint density at radius 1 is 1.31 bits per heavy atom. The summed E-state index contributed by atoms with van der Waals surface area (Å²) in [6.07, 6.45) is 3.38. The first-order valence-electron chi connectivity index (χ1n) is 3.81. The lowest BCUT2D eigenvalue weighted by Crippen LogP contribution is -1.94. The lowest BCUT2D eigenvalue weighted by atomic mass is 10.6. The van der Waals surface area contributed by atoms with Crippen molar-refractivity contribution in [2.45, 2.75) is 6.92 Å². The Morgan fingerprint density at radius 2 is 2.08 bits per heavy atom. The Hall–Kier alpha value is -1.49. The minimum Gasteiger partial charge on any atom is -0.300 e. The van der Waals surface area contributed by atoms with E-state index in [1.165, 1.54) is 0 Å². The number of nitrogens with one attached hydrogen (secondary N) is 1. The number of hydrogen-bond donors (Lipinski definition) is 1. The molecule has 2 heterocycles. The highest BCUT2D eigenvalue weighted by molar-refractivity contribution is 7.13. The molecular weight excluding hydrogens is 184 g/mol. The summed E-state index contributed by atoms with van der Waals surface area (Å²) < 4.78 is 0. The minimum absolute atomic E-state index is 0.580. The fraction of sp³-hybridized carbons (Fsp3) is 0.125. The molecule has 0 aliphatic heterocycles. The Morgan fingerprint density at radius 3 is 2.69 bits per heavy atom. The van der Waals surface area contributed by atoms with E-state index in [1.807, 2.05) is 12.3 Å². The predicted molar refractivity (Wildman–Crippen MR) is 52.2 cm³/mol. The van der Waals surface area contributed by atoms with Crippen molar-refractivity contribution < 1.29 is 0 Å². The summed E-state index contributed by atoms with van der Waals surface area (Å²) in [5, 5.41) is 5.81. The number of hydrogen-bond acceptors (Lipinski definition) is 5. The molecule has 2 aromatic rings. The van der Waals surface area contributed by atoms with Crippen molar-refractivity contribution in [1.29, 1.82) is 0 Å². The second-order valence-corrected chi connectivity index (χ2v) is 3.35. The Balaban J connectivity index is 2.15. The van der Waals surface area contributed by atoms with Crippen molar-refractivity contribution >= 4 is 22.4 Å². The second kappa shape index (κ2) is 3.49. The van der Waals surface area contributed by atoms with Gasteiger partial charge in [-0.25, -0.2) is 15.0 Å². The highest BCUT2D eigenvalue weighted by Crippen LogP contribution is 2.17. The SMILES string of the molecule is Cc1csc(Nc2ncccn2)n1. The molecule has 0 unspecified atom stereocenters. The summed E-state index contributed by atoms with van der Waals surface area (Å²) in [7, 11) is 0. The average molecular weight is 192 g/mol. The van der Waals surface area contributed by atoms with Crippen LogP contribution in [0.2, 0.25) is 0 Å². The van der Waals surface area contributed by atoms with Crippen molar-refractivity contribution in [3.8, 4) is 0 Å². The maximum Gasteiger partial charge on any atom is 0.228 e. The molecule has 13 heavy (non-hydrogen) atoms. The van der Waals surface area contributed by atoms with E-state index in [1.54, 1.807) is 29.8 Å². The zero-order valence-corrected chi connectivity index (χ0v) is 7.88. The fourth-order valence-corrected chi connectivity index (χ4v) is 1.55. The summed E-state index contributed by atoms with van der Waals surface area (Å²) in [6.45, 7) is 1.95. The highest BCUT2D eigenvalue weighted by atomic mass is 32.1.